The van der Waals surface area contributed by atoms with Crippen LogP contribution in [0.1, 0.15) is 12.8 Å². The summed E-state index contributed by atoms with van der Waals surface area (Å²) < 4.78 is 6.32. The van der Waals surface area contributed by atoms with Gasteiger partial charge in [-0.2, -0.15) is 0 Å². The average molecular weight is 286 g/mol. The maximum atomic E-state index is 5.85. The Morgan fingerprint density at radius 1 is 1.62 bits per heavy atom. The van der Waals surface area contributed by atoms with E-state index >= 15 is 0 Å². The van der Waals surface area contributed by atoms with Crippen molar-refractivity contribution in [1.82, 2.24) is 4.98 Å². The van der Waals surface area contributed by atoms with Crippen LogP contribution in [0.2, 0.25) is 0 Å². The zero-order valence-electron chi connectivity index (χ0n) is 9.08. The van der Waals surface area contributed by atoms with Gasteiger partial charge in [-0.05, 0) is 40.8 Å². The summed E-state index contributed by atoms with van der Waals surface area (Å²) in [5, 5.41) is 3.27. The molecule has 1 aromatic heterocycles. The first-order chi connectivity index (χ1) is 7.75. The first-order valence-electron chi connectivity index (χ1n) is 5.48. The third-order valence-corrected chi connectivity index (χ3v) is 3.13. The lowest BCUT2D eigenvalue weighted by atomic mass is 10.0. The predicted octanol–water partition coefficient (Wildman–Crippen LogP) is 2.26. The van der Waals surface area contributed by atoms with Crippen LogP contribution in [0.25, 0.3) is 0 Å². The number of pyridine rings is 1. The second kappa shape index (κ2) is 5.50. The third kappa shape index (κ3) is 3.09. The lowest BCUT2D eigenvalue weighted by Gasteiger charge is -2.22. The Morgan fingerprint density at radius 2 is 2.50 bits per heavy atom. The van der Waals surface area contributed by atoms with E-state index < -0.39 is 0 Å². The van der Waals surface area contributed by atoms with Crippen molar-refractivity contribution < 1.29 is 4.74 Å². The minimum absolute atomic E-state index is 0.568. The van der Waals surface area contributed by atoms with Crippen molar-refractivity contribution in [3.63, 3.8) is 0 Å². The highest BCUT2D eigenvalue weighted by atomic mass is 79.9. The molecule has 0 aromatic carbocycles. The van der Waals surface area contributed by atoms with Crippen LogP contribution in [0.4, 0.5) is 11.5 Å². The van der Waals surface area contributed by atoms with E-state index in [1.165, 1.54) is 6.42 Å². The Balaban J connectivity index is 1.88. The second-order valence-electron chi connectivity index (χ2n) is 4.06. The summed E-state index contributed by atoms with van der Waals surface area (Å²) in [6, 6.07) is 1.85. The number of hydrogen-bond donors (Lipinski definition) is 2. The summed E-state index contributed by atoms with van der Waals surface area (Å²) in [6.45, 7) is 2.61. The number of hydrogen-bond acceptors (Lipinski definition) is 4. The molecule has 2 heterocycles. The first kappa shape index (κ1) is 11.7. The molecule has 0 amide bonds. The zero-order chi connectivity index (χ0) is 11.4. The molecule has 0 radical (unpaired) electrons. The summed E-state index contributed by atoms with van der Waals surface area (Å²) in [6.07, 6.45) is 4.11. The van der Waals surface area contributed by atoms with Gasteiger partial charge in [0.2, 0.25) is 0 Å². The summed E-state index contributed by atoms with van der Waals surface area (Å²) in [5.41, 5.74) is 6.52. The van der Waals surface area contributed by atoms with Crippen molar-refractivity contribution in [2.45, 2.75) is 12.8 Å². The molecule has 88 valence electrons. The van der Waals surface area contributed by atoms with Gasteiger partial charge in [0.05, 0.1) is 12.3 Å². The van der Waals surface area contributed by atoms with Gasteiger partial charge in [0, 0.05) is 23.8 Å². The molecule has 0 aliphatic carbocycles. The molecule has 3 N–H and O–H groups in total. The van der Waals surface area contributed by atoms with Crippen LogP contribution in [-0.2, 0) is 4.74 Å². The molecule has 1 aliphatic heterocycles. The van der Waals surface area contributed by atoms with Crippen molar-refractivity contribution in [2.75, 3.05) is 30.8 Å². The average Bonchev–Trinajstić information content (AvgIpc) is 2.29. The summed E-state index contributed by atoms with van der Waals surface area (Å²) in [7, 11) is 0. The van der Waals surface area contributed by atoms with Crippen molar-refractivity contribution in [1.29, 1.82) is 0 Å². The number of rotatable bonds is 3. The van der Waals surface area contributed by atoms with E-state index in [-0.39, 0.29) is 0 Å². The van der Waals surface area contributed by atoms with E-state index in [0.717, 1.165) is 36.5 Å². The molecule has 5 heteroatoms. The molecule has 1 unspecified atom stereocenters. The topological polar surface area (TPSA) is 60.2 Å². The van der Waals surface area contributed by atoms with Crippen LogP contribution in [-0.4, -0.2) is 24.7 Å². The Morgan fingerprint density at radius 3 is 3.19 bits per heavy atom. The Labute approximate surface area is 104 Å². The van der Waals surface area contributed by atoms with Crippen molar-refractivity contribution >= 4 is 27.4 Å². The van der Waals surface area contributed by atoms with Gasteiger partial charge in [-0.3, -0.25) is 0 Å². The standard InChI is InChI=1S/C11H16BrN3O/c12-9-4-10(13)11(15-6-9)14-5-8-2-1-3-16-7-8/h4,6,8H,1-3,5,7,13H2,(H,14,15). The highest BCUT2D eigenvalue weighted by molar-refractivity contribution is 9.10. The minimum Gasteiger partial charge on any atom is -0.396 e. The molecular formula is C11H16BrN3O. The normalized spacial score (nSPS) is 20.7. The lowest BCUT2D eigenvalue weighted by Crippen LogP contribution is -2.24. The van der Waals surface area contributed by atoms with E-state index in [0.29, 0.717) is 11.6 Å². The van der Waals surface area contributed by atoms with Crippen LogP contribution in [0.5, 0.6) is 0 Å². The van der Waals surface area contributed by atoms with Crippen molar-refractivity contribution in [3.05, 3.63) is 16.7 Å². The van der Waals surface area contributed by atoms with Gasteiger partial charge >= 0.3 is 0 Å². The Kier molecular flexibility index (Phi) is 4.01. The van der Waals surface area contributed by atoms with Crippen LogP contribution in [0, 0.1) is 5.92 Å². The van der Waals surface area contributed by atoms with Gasteiger partial charge < -0.3 is 15.8 Å². The smallest absolute Gasteiger partial charge is 0.149 e. The van der Waals surface area contributed by atoms with Gasteiger partial charge in [-0.25, -0.2) is 4.98 Å². The number of nitrogen functional groups attached to an aromatic ring is 1. The molecule has 2 rings (SSSR count). The molecule has 0 spiro atoms. The number of nitrogens with one attached hydrogen (secondary N) is 1. The van der Waals surface area contributed by atoms with Gasteiger partial charge in [-0.1, -0.05) is 0 Å². The predicted molar refractivity (Wildman–Crippen MR) is 68.4 cm³/mol. The summed E-state index contributed by atoms with van der Waals surface area (Å²) >= 11 is 3.33. The van der Waals surface area contributed by atoms with Crippen molar-refractivity contribution in [3.8, 4) is 0 Å². The minimum atomic E-state index is 0.568. The molecule has 0 saturated carbocycles. The Hall–Kier alpha value is -0.810. The summed E-state index contributed by atoms with van der Waals surface area (Å²) in [4.78, 5) is 4.24. The quantitative estimate of drug-likeness (QED) is 0.894. The van der Waals surface area contributed by atoms with Gasteiger partial charge in [-0.15, -0.1) is 0 Å². The monoisotopic (exact) mass is 285 g/mol. The molecule has 1 atom stereocenters. The zero-order valence-corrected chi connectivity index (χ0v) is 10.7. The lowest BCUT2D eigenvalue weighted by molar-refractivity contribution is 0.0595. The third-order valence-electron chi connectivity index (χ3n) is 2.70. The van der Waals surface area contributed by atoms with Crippen molar-refractivity contribution in [2.24, 2.45) is 5.92 Å². The van der Waals surface area contributed by atoms with Gasteiger partial charge in [0.1, 0.15) is 5.82 Å². The SMILES string of the molecule is Nc1cc(Br)cnc1NCC1CCCOC1. The number of halogens is 1. The van der Waals surface area contributed by atoms with Crippen LogP contribution in [0.15, 0.2) is 16.7 Å². The van der Waals surface area contributed by atoms with Crippen LogP contribution in [0.3, 0.4) is 0 Å². The highest BCUT2D eigenvalue weighted by Crippen LogP contribution is 2.21. The number of anilines is 2. The molecule has 1 saturated heterocycles. The van der Waals surface area contributed by atoms with Gasteiger partial charge in [0.25, 0.3) is 0 Å². The molecule has 1 fully saturated rings. The van der Waals surface area contributed by atoms with Crippen LogP contribution >= 0.6 is 15.9 Å². The van der Waals surface area contributed by atoms with E-state index in [2.05, 4.69) is 26.2 Å². The first-order valence-corrected chi connectivity index (χ1v) is 6.27. The number of nitrogens with zero attached hydrogens (tertiary/aromatic N) is 1. The van der Waals surface area contributed by atoms with E-state index in [1.54, 1.807) is 6.20 Å². The fourth-order valence-electron chi connectivity index (χ4n) is 1.81. The second-order valence-corrected chi connectivity index (χ2v) is 4.97. The molecule has 4 nitrogen and oxygen atoms in total. The van der Waals surface area contributed by atoms with Gasteiger partial charge in [0.15, 0.2) is 0 Å². The van der Waals surface area contributed by atoms with E-state index in [4.69, 9.17) is 10.5 Å². The van der Waals surface area contributed by atoms with E-state index in [9.17, 15) is 0 Å². The Bertz CT molecular complexity index is 353. The maximum Gasteiger partial charge on any atom is 0.149 e. The largest absolute Gasteiger partial charge is 0.396 e. The van der Waals surface area contributed by atoms with Crippen LogP contribution < -0.4 is 11.1 Å². The molecular weight excluding hydrogens is 270 g/mol. The fraction of sp³-hybridized carbons (Fsp3) is 0.545. The number of ether oxygens (including phenoxy) is 1. The maximum absolute atomic E-state index is 5.85. The number of aromatic nitrogens is 1. The highest BCUT2D eigenvalue weighted by Gasteiger charge is 2.14. The van der Waals surface area contributed by atoms with E-state index in [1.807, 2.05) is 6.07 Å². The molecule has 0 bridgehead atoms. The fourth-order valence-corrected chi connectivity index (χ4v) is 2.16. The molecule has 16 heavy (non-hydrogen) atoms. The number of nitrogens with two attached hydrogens (primary N) is 1. The molecule has 1 aliphatic rings. The summed E-state index contributed by atoms with van der Waals surface area (Å²) in [5.74, 6) is 1.33. The molecule has 1 aromatic rings.